The second-order valence-electron chi connectivity index (χ2n) is 4.31. The van der Waals surface area contributed by atoms with E-state index in [9.17, 15) is 8.42 Å². The Hall–Kier alpha value is -0.470. The minimum Gasteiger partial charge on any atom is -0.314 e. The fourth-order valence-corrected chi connectivity index (χ4v) is 3.97. The van der Waals surface area contributed by atoms with Crippen molar-refractivity contribution in [2.45, 2.75) is 6.42 Å². The van der Waals surface area contributed by atoms with Crippen molar-refractivity contribution in [2.75, 3.05) is 39.8 Å². The normalized spacial score (nSPS) is 18.3. The number of thiophene rings is 1. The topological polar surface area (TPSA) is 52.7 Å². The molecule has 1 aromatic rings. The van der Waals surface area contributed by atoms with Gasteiger partial charge in [0.1, 0.15) is 0 Å². The zero-order chi connectivity index (χ0) is 13.0. The van der Waals surface area contributed by atoms with Crippen LogP contribution in [0, 0.1) is 0 Å². The lowest BCUT2D eigenvalue weighted by atomic mass is 10.3. The molecule has 0 radical (unpaired) electrons. The number of nitrogens with zero attached hydrogens (tertiary/aromatic N) is 2. The van der Waals surface area contributed by atoms with Crippen LogP contribution in [-0.2, 0) is 16.6 Å². The minimum absolute atomic E-state index is 0.534. The molecule has 0 aromatic carbocycles. The van der Waals surface area contributed by atoms with E-state index in [2.05, 4.69) is 5.32 Å². The highest BCUT2D eigenvalue weighted by Crippen LogP contribution is 2.12. The third-order valence-electron chi connectivity index (χ3n) is 3.05. The fraction of sp³-hybridized carbons (Fsp3) is 0.636. The Kier molecular flexibility index (Phi) is 4.74. The van der Waals surface area contributed by atoms with Crippen molar-refractivity contribution in [1.29, 1.82) is 0 Å². The first kappa shape index (κ1) is 14.0. The first-order valence-corrected chi connectivity index (χ1v) is 8.33. The zero-order valence-corrected chi connectivity index (χ0v) is 12.1. The van der Waals surface area contributed by atoms with Crippen molar-refractivity contribution in [1.82, 2.24) is 13.9 Å². The Morgan fingerprint density at radius 1 is 1.44 bits per heavy atom. The van der Waals surface area contributed by atoms with Gasteiger partial charge in [-0.2, -0.15) is 17.0 Å². The molecule has 0 amide bonds. The largest absolute Gasteiger partial charge is 0.314 e. The van der Waals surface area contributed by atoms with Gasteiger partial charge in [-0.15, -0.1) is 11.3 Å². The van der Waals surface area contributed by atoms with E-state index in [1.54, 1.807) is 22.7 Å². The van der Waals surface area contributed by atoms with Crippen LogP contribution in [0.25, 0.3) is 0 Å². The maximum atomic E-state index is 12.3. The van der Waals surface area contributed by atoms with Gasteiger partial charge in [-0.05, 0) is 17.9 Å². The van der Waals surface area contributed by atoms with Gasteiger partial charge in [0.15, 0.2) is 0 Å². The summed E-state index contributed by atoms with van der Waals surface area (Å²) < 4.78 is 27.6. The van der Waals surface area contributed by atoms with Crippen LogP contribution in [0.4, 0.5) is 0 Å². The summed E-state index contributed by atoms with van der Waals surface area (Å²) in [5, 5.41) is 5.17. The molecule has 102 valence electrons. The monoisotopic (exact) mass is 289 g/mol. The van der Waals surface area contributed by atoms with Gasteiger partial charge in [-0.1, -0.05) is 6.07 Å². The number of nitrogens with one attached hydrogen (secondary N) is 1. The first-order chi connectivity index (χ1) is 8.60. The molecule has 1 N–H and O–H groups in total. The molecule has 1 saturated heterocycles. The number of likely N-dealkylation sites (N-methyl/N-ethyl adjacent to an activating group) is 1. The highest BCUT2D eigenvalue weighted by Gasteiger charge is 2.27. The lowest BCUT2D eigenvalue weighted by Crippen LogP contribution is -2.51. The molecule has 0 aliphatic carbocycles. The van der Waals surface area contributed by atoms with Gasteiger partial charge in [0.25, 0.3) is 10.2 Å². The molecule has 1 aliphatic rings. The van der Waals surface area contributed by atoms with Gasteiger partial charge >= 0.3 is 0 Å². The molecule has 0 bridgehead atoms. The molecule has 5 nitrogen and oxygen atoms in total. The predicted octanol–water partition coefficient (Wildman–Crippen LogP) is 0.372. The van der Waals surface area contributed by atoms with Gasteiger partial charge < -0.3 is 5.32 Å². The van der Waals surface area contributed by atoms with Crippen molar-refractivity contribution in [3.63, 3.8) is 0 Å². The number of hydrogen-bond acceptors (Lipinski definition) is 4. The molecule has 7 heteroatoms. The van der Waals surface area contributed by atoms with Gasteiger partial charge in [-0.25, -0.2) is 0 Å². The van der Waals surface area contributed by atoms with E-state index in [0.717, 1.165) is 19.5 Å². The van der Waals surface area contributed by atoms with E-state index in [1.165, 1.54) is 9.18 Å². The van der Waals surface area contributed by atoms with Crippen LogP contribution in [-0.4, -0.2) is 56.8 Å². The van der Waals surface area contributed by atoms with Gasteiger partial charge in [0.05, 0.1) is 0 Å². The van der Waals surface area contributed by atoms with E-state index >= 15 is 0 Å². The summed E-state index contributed by atoms with van der Waals surface area (Å²) in [6.45, 7) is 3.13. The summed E-state index contributed by atoms with van der Waals surface area (Å²) in [6, 6.07) is 4.03. The molecule has 18 heavy (non-hydrogen) atoms. The average Bonchev–Trinajstić information content (AvgIpc) is 2.90. The van der Waals surface area contributed by atoms with Crippen molar-refractivity contribution in [3.8, 4) is 0 Å². The van der Waals surface area contributed by atoms with E-state index in [4.69, 9.17) is 0 Å². The van der Waals surface area contributed by atoms with Crippen LogP contribution < -0.4 is 5.32 Å². The van der Waals surface area contributed by atoms with Crippen LogP contribution in [0.3, 0.4) is 0 Å². The Balaban J connectivity index is 1.92. The second-order valence-corrected chi connectivity index (χ2v) is 7.38. The molecule has 0 unspecified atom stereocenters. The number of piperazine rings is 1. The summed E-state index contributed by atoms with van der Waals surface area (Å²) in [5.74, 6) is 0. The van der Waals surface area contributed by atoms with Gasteiger partial charge in [0, 0.05) is 44.6 Å². The van der Waals surface area contributed by atoms with E-state index in [-0.39, 0.29) is 0 Å². The zero-order valence-electron chi connectivity index (χ0n) is 10.5. The Morgan fingerprint density at radius 2 is 2.17 bits per heavy atom. The third-order valence-corrected chi connectivity index (χ3v) is 5.97. The molecular formula is C11H19N3O2S2. The van der Waals surface area contributed by atoms with Crippen molar-refractivity contribution in [3.05, 3.63) is 22.4 Å². The molecule has 0 atom stereocenters. The lowest BCUT2D eigenvalue weighted by Gasteiger charge is -2.30. The van der Waals surface area contributed by atoms with E-state index in [1.807, 2.05) is 17.5 Å². The second kappa shape index (κ2) is 6.12. The SMILES string of the molecule is CN(CCc1cccs1)S(=O)(=O)N1CCNCC1. The molecule has 1 aliphatic heterocycles. The maximum absolute atomic E-state index is 12.3. The van der Waals surface area contributed by atoms with Crippen LogP contribution in [0.1, 0.15) is 4.88 Å². The Labute approximate surface area is 113 Å². The third kappa shape index (κ3) is 3.30. The fourth-order valence-electron chi connectivity index (χ4n) is 1.91. The Morgan fingerprint density at radius 3 is 2.78 bits per heavy atom. The minimum atomic E-state index is -3.28. The molecule has 1 aromatic heterocycles. The highest BCUT2D eigenvalue weighted by molar-refractivity contribution is 7.86. The molecule has 2 heterocycles. The van der Waals surface area contributed by atoms with Crippen molar-refractivity contribution < 1.29 is 8.42 Å². The quantitative estimate of drug-likeness (QED) is 0.852. The van der Waals surface area contributed by atoms with Crippen molar-refractivity contribution >= 4 is 21.5 Å². The Bertz CT molecular complexity index is 453. The van der Waals surface area contributed by atoms with Crippen LogP contribution >= 0.6 is 11.3 Å². The molecule has 0 spiro atoms. The summed E-state index contributed by atoms with van der Waals surface area (Å²) in [6.07, 6.45) is 0.777. The number of hydrogen-bond donors (Lipinski definition) is 1. The molecule has 0 saturated carbocycles. The van der Waals surface area contributed by atoms with E-state index in [0.29, 0.717) is 19.6 Å². The molecule has 2 rings (SSSR count). The van der Waals surface area contributed by atoms with Crippen LogP contribution in [0.2, 0.25) is 0 Å². The van der Waals surface area contributed by atoms with Gasteiger partial charge in [0.2, 0.25) is 0 Å². The molecular weight excluding hydrogens is 270 g/mol. The van der Waals surface area contributed by atoms with Gasteiger partial charge in [-0.3, -0.25) is 0 Å². The summed E-state index contributed by atoms with van der Waals surface area (Å²) in [7, 11) is -1.63. The summed E-state index contributed by atoms with van der Waals surface area (Å²) in [5.41, 5.74) is 0. The maximum Gasteiger partial charge on any atom is 0.281 e. The summed E-state index contributed by atoms with van der Waals surface area (Å²) in [4.78, 5) is 1.22. The van der Waals surface area contributed by atoms with Crippen LogP contribution in [0.15, 0.2) is 17.5 Å². The van der Waals surface area contributed by atoms with Crippen LogP contribution in [0.5, 0.6) is 0 Å². The van der Waals surface area contributed by atoms with E-state index < -0.39 is 10.2 Å². The number of rotatable bonds is 5. The first-order valence-electron chi connectivity index (χ1n) is 6.05. The predicted molar refractivity (Wildman–Crippen MR) is 74.0 cm³/mol. The highest BCUT2D eigenvalue weighted by atomic mass is 32.2. The smallest absolute Gasteiger partial charge is 0.281 e. The van der Waals surface area contributed by atoms with Crippen molar-refractivity contribution in [2.24, 2.45) is 0 Å². The standard InChI is InChI=1S/C11H19N3O2S2/c1-13(7-4-11-3-2-10-17-11)18(15,16)14-8-5-12-6-9-14/h2-3,10,12H,4-9H2,1H3. The average molecular weight is 289 g/mol. The molecule has 1 fully saturated rings. The summed E-state index contributed by atoms with van der Waals surface area (Å²) >= 11 is 1.67. The lowest BCUT2D eigenvalue weighted by molar-refractivity contribution is 0.327.